The number of hydrogen-bond acceptors (Lipinski definition) is 6. The minimum Gasteiger partial charge on any atom is -0.748 e. The maximum Gasteiger partial charge on any atom is 1.00 e. The Kier molecular flexibility index (Phi) is 12.2. The summed E-state index contributed by atoms with van der Waals surface area (Å²) in [6.45, 7) is 2.42. The molecule has 0 saturated carbocycles. The van der Waals surface area contributed by atoms with Crippen molar-refractivity contribution in [2.75, 3.05) is 0 Å². The number of phenols is 1. The first-order valence-electron chi connectivity index (χ1n) is 11.6. The average molecular weight is 519 g/mol. The van der Waals surface area contributed by atoms with Crippen molar-refractivity contribution >= 4 is 10.1 Å². The number of aliphatic hydroxyl groups is 1. The maximum atomic E-state index is 12.0. The molecule has 0 amide bonds. The van der Waals surface area contributed by atoms with Crippen LogP contribution in [0.15, 0.2) is 91.0 Å². The molecule has 0 aliphatic rings. The second-order valence-corrected chi connectivity index (χ2v) is 10.2. The van der Waals surface area contributed by atoms with Crippen LogP contribution in [0.25, 0.3) is 0 Å². The number of rotatable bonds is 12. The number of ether oxygens (including phenoxy) is 1. The van der Waals surface area contributed by atoms with Crippen molar-refractivity contribution in [3.8, 4) is 11.5 Å². The van der Waals surface area contributed by atoms with Crippen LogP contribution in [0.4, 0.5) is 0 Å². The van der Waals surface area contributed by atoms with Crippen LogP contribution in [0.3, 0.4) is 0 Å². The Morgan fingerprint density at radius 2 is 1.56 bits per heavy atom. The van der Waals surface area contributed by atoms with Crippen molar-refractivity contribution in [1.29, 1.82) is 0 Å². The zero-order valence-electron chi connectivity index (χ0n) is 20.7. The summed E-state index contributed by atoms with van der Waals surface area (Å²) in [6, 6.07) is 23.4. The van der Waals surface area contributed by atoms with Crippen molar-refractivity contribution in [2.45, 2.75) is 50.1 Å². The fourth-order valence-corrected chi connectivity index (χ4v) is 4.72. The van der Waals surface area contributed by atoms with E-state index < -0.39 is 21.5 Å². The number of allylic oxidation sites excluding steroid dienone is 1. The minimum atomic E-state index is -4.53. The Morgan fingerprint density at radius 3 is 2.14 bits per heavy atom. The zero-order valence-corrected chi connectivity index (χ0v) is 23.5. The van der Waals surface area contributed by atoms with Crippen LogP contribution < -0.4 is 34.3 Å². The summed E-state index contributed by atoms with van der Waals surface area (Å²) in [5.41, 5.74) is 2.57. The van der Waals surface area contributed by atoms with E-state index in [1.807, 2.05) is 61.5 Å². The van der Waals surface area contributed by atoms with Gasteiger partial charge in [-0.2, -0.15) is 0 Å². The molecule has 0 fully saturated rings. The van der Waals surface area contributed by atoms with Gasteiger partial charge < -0.3 is 19.5 Å². The summed E-state index contributed by atoms with van der Waals surface area (Å²) in [7, 11) is -4.53. The molecular formula is C28H31NaO6S. The predicted molar refractivity (Wildman–Crippen MR) is 135 cm³/mol. The van der Waals surface area contributed by atoms with Gasteiger partial charge in [0, 0.05) is 0 Å². The molecule has 8 heteroatoms. The third-order valence-electron chi connectivity index (χ3n) is 6.00. The van der Waals surface area contributed by atoms with Crippen LogP contribution in [0.2, 0.25) is 0 Å². The average Bonchev–Trinajstić information content (AvgIpc) is 2.85. The quantitative estimate of drug-likeness (QED) is 0.217. The predicted octanol–water partition coefficient (Wildman–Crippen LogP) is 2.45. The van der Waals surface area contributed by atoms with Crippen LogP contribution >= 0.6 is 0 Å². The molecule has 3 aromatic rings. The van der Waals surface area contributed by atoms with E-state index in [4.69, 9.17) is 4.74 Å². The molecular weight excluding hydrogens is 487 g/mol. The molecule has 0 bridgehead atoms. The molecule has 2 N–H and O–H groups in total. The number of aromatic hydroxyl groups is 1. The minimum absolute atomic E-state index is 0. The van der Waals surface area contributed by atoms with Crippen LogP contribution in [0, 0.1) is 0 Å². The molecule has 6 nitrogen and oxygen atoms in total. The molecule has 0 spiro atoms. The summed E-state index contributed by atoms with van der Waals surface area (Å²) >= 11 is 0. The van der Waals surface area contributed by atoms with Gasteiger partial charge in [-0.05, 0) is 66.1 Å². The molecule has 36 heavy (non-hydrogen) atoms. The van der Waals surface area contributed by atoms with Gasteiger partial charge in [0.1, 0.15) is 18.1 Å². The molecule has 3 unspecified atom stereocenters. The Morgan fingerprint density at radius 1 is 0.944 bits per heavy atom. The first kappa shape index (κ1) is 30.1. The van der Waals surface area contributed by atoms with Crippen molar-refractivity contribution in [1.82, 2.24) is 0 Å². The number of benzene rings is 3. The Balaban J connectivity index is 0.00000456. The topological polar surface area (TPSA) is 107 Å². The van der Waals surface area contributed by atoms with Crippen molar-refractivity contribution in [3.05, 3.63) is 108 Å². The van der Waals surface area contributed by atoms with E-state index in [1.54, 1.807) is 12.1 Å². The summed E-state index contributed by atoms with van der Waals surface area (Å²) < 4.78 is 41.7. The third kappa shape index (κ3) is 9.39. The van der Waals surface area contributed by atoms with E-state index in [0.717, 1.165) is 11.1 Å². The van der Waals surface area contributed by atoms with E-state index in [1.165, 1.54) is 24.3 Å². The first-order chi connectivity index (χ1) is 16.8. The van der Waals surface area contributed by atoms with Crippen molar-refractivity contribution in [3.63, 3.8) is 0 Å². The Bertz CT molecular complexity index is 1180. The van der Waals surface area contributed by atoms with Gasteiger partial charge in [0.05, 0.1) is 21.5 Å². The van der Waals surface area contributed by atoms with Crippen molar-refractivity contribution < 1.29 is 57.5 Å². The molecule has 186 valence electrons. The number of aliphatic hydroxyl groups excluding tert-OH is 1. The SMILES string of the molecule is CCC(CC(CC=CC(O)c1ccc(O)cc1)S(=O)(=O)[O-])c1ccc(OCc2ccccc2)cc1.[Na+]. The molecule has 3 atom stereocenters. The third-order valence-corrected chi connectivity index (χ3v) is 7.20. The molecule has 0 aromatic heterocycles. The van der Waals surface area contributed by atoms with Crippen LogP contribution in [-0.4, -0.2) is 28.4 Å². The summed E-state index contributed by atoms with van der Waals surface area (Å²) in [5.74, 6) is 0.692. The van der Waals surface area contributed by atoms with Gasteiger partial charge in [0.25, 0.3) is 0 Å². The fourth-order valence-electron chi connectivity index (χ4n) is 3.91. The number of phenolic OH excluding ortho intramolecular Hbond substituents is 1. The smallest absolute Gasteiger partial charge is 0.748 e. The first-order valence-corrected chi connectivity index (χ1v) is 13.1. The van der Waals surface area contributed by atoms with E-state index >= 15 is 0 Å². The van der Waals surface area contributed by atoms with Gasteiger partial charge in [-0.1, -0.05) is 73.7 Å². The summed E-state index contributed by atoms with van der Waals surface area (Å²) in [6.07, 6.45) is 2.91. The van der Waals surface area contributed by atoms with Gasteiger partial charge in [-0.3, -0.25) is 0 Å². The van der Waals surface area contributed by atoms with Crippen LogP contribution in [0.5, 0.6) is 11.5 Å². The second-order valence-electron chi connectivity index (χ2n) is 8.50. The second kappa shape index (κ2) is 14.6. The largest absolute Gasteiger partial charge is 1.00 e. The monoisotopic (exact) mass is 518 g/mol. The van der Waals surface area contributed by atoms with E-state index in [0.29, 0.717) is 24.3 Å². The van der Waals surface area contributed by atoms with Crippen molar-refractivity contribution in [2.24, 2.45) is 0 Å². The van der Waals surface area contributed by atoms with Gasteiger partial charge in [-0.15, -0.1) is 0 Å². The fraction of sp³-hybridized carbons (Fsp3) is 0.286. The Hall–Kier alpha value is -2.13. The van der Waals surface area contributed by atoms with Crippen LogP contribution in [0.1, 0.15) is 54.9 Å². The van der Waals surface area contributed by atoms with E-state index in [9.17, 15) is 23.2 Å². The molecule has 0 heterocycles. The molecule has 0 aliphatic carbocycles. The normalized spacial score (nSPS) is 14.1. The summed E-state index contributed by atoms with van der Waals surface area (Å²) in [4.78, 5) is 0. The zero-order chi connectivity index (χ0) is 25.3. The summed E-state index contributed by atoms with van der Waals surface area (Å²) in [5, 5.41) is 18.5. The van der Waals surface area contributed by atoms with E-state index in [2.05, 4.69) is 0 Å². The van der Waals surface area contributed by atoms with Gasteiger partial charge >= 0.3 is 29.6 Å². The molecule has 0 saturated heterocycles. The molecule has 0 radical (unpaired) electrons. The standard InChI is InChI=1S/C28H32O6S.Na/c1-2-22(23-13-17-26(18-14-23)34-20-21-7-4-3-5-8-21)19-27(35(31,32)33)9-6-10-28(30)24-11-15-25(29)16-12-24;/h3-8,10-18,22,27-30H,2,9,19-20H2,1H3,(H,31,32,33);/q;+1/p-1. The molecule has 3 rings (SSSR count). The van der Waals surface area contributed by atoms with E-state index in [-0.39, 0.29) is 54.1 Å². The Labute approximate surface area is 235 Å². The molecule has 0 aliphatic heterocycles. The molecule has 3 aromatic carbocycles. The van der Waals surface area contributed by atoms with Gasteiger partial charge in [0.2, 0.25) is 0 Å². The maximum absolute atomic E-state index is 12.0. The van der Waals surface area contributed by atoms with Crippen LogP contribution in [-0.2, 0) is 16.7 Å². The van der Waals surface area contributed by atoms with Gasteiger partial charge in [0.15, 0.2) is 0 Å². The number of hydrogen-bond donors (Lipinski definition) is 2. The van der Waals surface area contributed by atoms with Gasteiger partial charge in [-0.25, -0.2) is 8.42 Å².